The Balaban J connectivity index is 1.59. The molecule has 1 aliphatic rings. The minimum absolute atomic E-state index is 0.0392. The number of carbonyl (C=O) groups excluding carboxylic acids is 2. The molecule has 0 bridgehead atoms. The molecule has 0 unspecified atom stereocenters. The molecule has 0 fully saturated rings. The van der Waals surface area contributed by atoms with Crippen LogP contribution in [-0.2, 0) is 36.6 Å². The van der Waals surface area contributed by atoms with E-state index in [9.17, 15) is 19.2 Å². The van der Waals surface area contributed by atoms with Crippen molar-refractivity contribution in [3.05, 3.63) is 50.9 Å². The fourth-order valence-corrected chi connectivity index (χ4v) is 3.68. The van der Waals surface area contributed by atoms with Crippen LogP contribution in [0.15, 0.2) is 34.1 Å². The zero-order valence-electron chi connectivity index (χ0n) is 16.3. The number of fused-ring (bicyclic) bond motifs is 2. The normalized spacial score (nSPS) is 13.2. The van der Waals surface area contributed by atoms with E-state index in [1.54, 1.807) is 17.0 Å². The largest absolute Gasteiger partial charge is 0.332 e. The van der Waals surface area contributed by atoms with E-state index in [0.29, 0.717) is 18.7 Å². The number of rotatable bonds is 4. The van der Waals surface area contributed by atoms with Gasteiger partial charge in [0.1, 0.15) is 6.54 Å². The smallest absolute Gasteiger partial charge is 0.325 e. The lowest BCUT2D eigenvalue weighted by molar-refractivity contribution is -0.117. The summed E-state index contributed by atoms with van der Waals surface area (Å²) in [6.45, 7) is 2.38. The van der Waals surface area contributed by atoms with Crippen LogP contribution in [0.5, 0.6) is 0 Å². The van der Waals surface area contributed by atoms with Crippen molar-refractivity contribution >= 4 is 34.4 Å². The Hall–Kier alpha value is -3.69. The van der Waals surface area contributed by atoms with Crippen molar-refractivity contribution < 1.29 is 9.59 Å². The summed E-state index contributed by atoms with van der Waals surface area (Å²) in [5.41, 5.74) is 1.72. The third-order valence-corrected chi connectivity index (χ3v) is 5.14. The number of likely N-dealkylation sites (N-methyl/N-ethyl adjacent to an activating group) is 1. The predicted molar refractivity (Wildman–Crippen MR) is 107 cm³/mol. The zero-order valence-corrected chi connectivity index (χ0v) is 16.3. The lowest BCUT2D eigenvalue weighted by Crippen LogP contribution is -2.37. The maximum atomic E-state index is 12.5. The van der Waals surface area contributed by atoms with Crippen LogP contribution < -0.4 is 21.5 Å². The lowest BCUT2D eigenvalue weighted by atomic mass is 10.1. The molecule has 10 nitrogen and oxygen atoms in total. The van der Waals surface area contributed by atoms with Gasteiger partial charge in [-0.1, -0.05) is 0 Å². The molecular weight excluding hydrogens is 376 g/mol. The summed E-state index contributed by atoms with van der Waals surface area (Å²) in [5.74, 6) is -0.311. The molecular formula is C19H20N6O4. The Bertz CT molecular complexity index is 1280. The van der Waals surface area contributed by atoms with Gasteiger partial charge in [0.05, 0.1) is 12.7 Å². The van der Waals surface area contributed by atoms with E-state index in [1.807, 2.05) is 13.0 Å². The summed E-state index contributed by atoms with van der Waals surface area (Å²) < 4.78 is 3.67. The Morgan fingerprint density at radius 2 is 1.93 bits per heavy atom. The number of amides is 2. The van der Waals surface area contributed by atoms with Gasteiger partial charge in [0, 0.05) is 32.0 Å². The lowest BCUT2D eigenvalue weighted by Gasteiger charge is -2.15. The highest BCUT2D eigenvalue weighted by atomic mass is 16.2. The topological polar surface area (TPSA) is 111 Å². The highest BCUT2D eigenvalue weighted by Crippen LogP contribution is 2.30. The second kappa shape index (κ2) is 6.73. The average Bonchev–Trinajstić information content (AvgIpc) is 3.24. The molecule has 4 rings (SSSR count). The second-order valence-electron chi connectivity index (χ2n) is 6.96. The molecule has 3 heterocycles. The molecule has 3 aromatic rings. The van der Waals surface area contributed by atoms with Crippen molar-refractivity contribution in [3.63, 3.8) is 0 Å². The number of nitrogens with one attached hydrogen (secondary N) is 1. The van der Waals surface area contributed by atoms with Gasteiger partial charge < -0.3 is 14.8 Å². The number of benzene rings is 1. The number of aryl methyl sites for hydroxylation is 1. The zero-order chi connectivity index (χ0) is 20.9. The van der Waals surface area contributed by atoms with Crippen molar-refractivity contribution in [2.75, 3.05) is 16.8 Å². The number of carbonyl (C=O) groups is 2. The van der Waals surface area contributed by atoms with Gasteiger partial charge in [-0.15, -0.1) is 0 Å². The molecule has 0 saturated carbocycles. The van der Waals surface area contributed by atoms with Crippen LogP contribution in [0.25, 0.3) is 11.2 Å². The number of imidazole rings is 1. The molecule has 150 valence electrons. The third kappa shape index (κ3) is 2.93. The van der Waals surface area contributed by atoms with Gasteiger partial charge >= 0.3 is 5.69 Å². The Morgan fingerprint density at radius 1 is 1.17 bits per heavy atom. The molecule has 29 heavy (non-hydrogen) atoms. The van der Waals surface area contributed by atoms with Crippen molar-refractivity contribution in [2.45, 2.75) is 19.9 Å². The van der Waals surface area contributed by atoms with Gasteiger partial charge in [0.15, 0.2) is 11.2 Å². The summed E-state index contributed by atoms with van der Waals surface area (Å²) in [4.78, 5) is 54.8. The summed E-state index contributed by atoms with van der Waals surface area (Å²) in [7, 11) is 2.90. The molecule has 1 aromatic carbocycles. The fourth-order valence-electron chi connectivity index (χ4n) is 3.68. The van der Waals surface area contributed by atoms with Crippen molar-refractivity contribution in [1.82, 2.24) is 18.7 Å². The molecule has 0 aliphatic carbocycles. The third-order valence-electron chi connectivity index (χ3n) is 5.14. The monoisotopic (exact) mass is 396 g/mol. The van der Waals surface area contributed by atoms with E-state index >= 15 is 0 Å². The van der Waals surface area contributed by atoms with Crippen LogP contribution >= 0.6 is 0 Å². The molecule has 0 radical (unpaired) electrons. The second-order valence-corrected chi connectivity index (χ2v) is 6.96. The summed E-state index contributed by atoms with van der Waals surface area (Å²) in [6, 6.07) is 5.35. The van der Waals surface area contributed by atoms with Gasteiger partial charge in [0.2, 0.25) is 11.8 Å². The number of hydrogen-bond acceptors (Lipinski definition) is 5. The van der Waals surface area contributed by atoms with Crippen molar-refractivity contribution in [1.29, 1.82) is 0 Å². The number of anilines is 2. The van der Waals surface area contributed by atoms with Gasteiger partial charge in [0.25, 0.3) is 5.56 Å². The first-order valence-electron chi connectivity index (χ1n) is 9.15. The number of hydrogen-bond donors (Lipinski definition) is 1. The van der Waals surface area contributed by atoms with Gasteiger partial charge in [-0.05, 0) is 30.7 Å². The Morgan fingerprint density at radius 3 is 2.66 bits per heavy atom. The molecule has 1 N–H and O–H groups in total. The predicted octanol–water partition coefficient (Wildman–Crippen LogP) is -0.0186. The molecule has 10 heteroatoms. The molecule has 2 amide bonds. The van der Waals surface area contributed by atoms with Gasteiger partial charge in [-0.2, -0.15) is 0 Å². The van der Waals surface area contributed by atoms with Crippen molar-refractivity contribution in [2.24, 2.45) is 14.1 Å². The minimum atomic E-state index is -0.510. The average molecular weight is 396 g/mol. The van der Waals surface area contributed by atoms with Gasteiger partial charge in [-0.3, -0.25) is 23.5 Å². The summed E-state index contributed by atoms with van der Waals surface area (Å²) >= 11 is 0. The van der Waals surface area contributed by atoms with Crippen LogP contribution in [0, 0.1) is 0 Å². The van der Waals surface area contributed by atoms with Gasteiger partial charge in [-0.25, -0.2) is 9.78 Å². The standard InChI is InChI=1S/C19H20N6O4/c1-4-25-13-6-5-12(7-11(13)8-15(25)27)21-14(26)9-24-10-20-17-16(24)18(28)23(3)19(29)22(17)2/h5-7,10H,4,8-9H2,1-3H3,(H,21,26). The molecule has 0 saturated heterocycles. The first-order chi connectivity index (χ1) is 13.8. The SMILES string of the molecule is CCN1C(=O)Cc2cc(NC(=O)Cn3cnc4c3c(=O)n(C)c(=O)n4C)ccc21. The highest BCUT2D eigenvalue weighted by Gasteiger charge is 2.26. The van der Waals surface area contributed by atoms with Crippen LogP contribution in [-0.4, -0.2) is 37.0 Å². The van der Waals surface area contributed by atoms with Crippen LogP contribution in [0.1, 0.15) is 12.5 Å². The molecule has 2 aromatic heterocycles. The Kier molecular flexibility index (Phi) is 4.33. The first-order valence-corrected chi connectivity index (χ1v) is 9.15. The van der Waals surface area contributed by atoms with E-state index in [0.717, 1.165) is 15.8 Å². The van der Waals surface area contributed by atoms with Crippen LogP contribution in [0.2, 0.25) is 0 Å². The molecule has 0 atom stereocenters. The van der Waals surface area contributed by atoms with Crippen LogP contribution in [0.3, 0.4) is 0 Å². The summed E-state index contributed by atoms with van der Waals surface area (Å²) in [6.07, 6.45) is 1.68. The maximum absolute atomic E-state index is 12.5. The van der Waals surface area contributed by atoms with E-state index in [2.05, 4.69) is 10.3 Å². The minimum Gasteiger partial charge on any atom is -0.325 e. The first kappa shape index (κ1) is 18.7. The number of aromatic nitrogens is 4. The van der Waals surface area contributed by atoms with Crippen LogP contribution in [0.4, 0.5) is 11.4 Å². The van der Waals surface area contributed by atoms with E-state index < -0.39 is 11.2 Å². The quantitative estimate of drug-likeness (QED) is 0.666. The van der Waals surface area contributed by atoms with Crippen molar-refractivity contribution in [3.8, 4) is 0 Å². The molecule has 1 aliphatic heterocycles. The number of nitrogens with zero attached hydrogens (tertiary/aromatic N) is 5. The van der Waals surface area contributed by atoms with E-state index in [-0.39, 0.29) is 29.5 Å². The summed E-state index contributed by atoms with van der Waals surface area (Å²) in [5, 5.41) is 2.79. The van der Waals surface area contributed by atoms with E-state index in [4.69, 9.17) is 0 Å². The molecule has 0 spiro atoms. The van der Waals surface area contributed by atoms with E-state index in [1.165, 1.54) is 29.6 Å². The fraction of sp³-hybridized carbons (Fsp3) is 0.316. The Labute approximate surface area is 165 Å². The highest BCUT2D eigenvalue weighted by molar-refractivity contribution is 6.02. The maximum Gasteiger partial charge on any atom is 0.332 e.